The second-order valence-electron chi connectivity index (χ2n) is 8.05. The van der Waals surface area contributed by atoms with Gasteiger partial charge in [0.2, 0.25) is 0 Å². The summed E-state index contributed by atoms with van der Waals surface area (Å²) in [6.07, 6.45) is 4.93. The molecule has 1 atom stereocenters. The smallest absolute Gasteiger partial charge is 0.341 e. The minimum Gasteiger partial charge on any atom is -0.459 e. The number of carbonyl (C=O) groups excluding carboxylic acids is 3. The number of thiophene rings is 1. The number of ether oxygens (including phenoxy) is 2. The number of rotatable bonds is 7. The van der Waals surface area contributed by atoms with Crippen LogP contribution in [0, 0.1) is 11.7 Å². The molecule has 2 aromatic rings. The number of nitrogens with one attached hydrogen (secondary N) is 1. The Morgan fingerprint density at radius 1 is 1.25 bits per heavy atom. The number of halogens is 1. The van der Waals surface area contributed by atoms with Gasteiger partial charge >= 0.3 is 11.9 Å². The van der Waals surface area contributed by atoms with Gasteiger partial charge in [0.25, 0.3) is 5.91 Å². The van der Waals surface area contributed by atoms with Crippen LogP contribution in [0.15, 0.2) is 30.3 Å². The summed E-state index contributed by atoms with van der Waals surface area (Å²) in [5.41, 5.74) is 1.97. The summed E-state index contributed by atoms with van der Waals surface area (Å²) < 4.78 is 23.3. The molecule has 0 bridgehead atoms. The highest BCUT2D eigenvalue weighted by molar-refractivity contribution is 7.17. The summed E-state index contributed by atoms with van der Waals surface area (Å²) in [5, 5.41) is 3.14. The fraction of sp³-hybridized carbons (Fsp3) is 0.375. The quantitative estimate of drug-likeness (QED) is 0.476. The van der Waals surface area contributed by atoms with Crippen LogP contribution in [-0.2, 0) is 31.9 Å². The number of carbonyl (C=O) groups is 3. The van der Waals surface area contributed by atoms with Gasteiger partial charge in [-0.1, -0.05) is 19.1 Å². The monoisotopic (exact) mass is 459 g/mol. The summed E-state index contributed by atoms with van der Waals surface area (Å²) in [6.45, 7) is 5.21. The van der Waals surface area contributed by atoms with Crippen molar-refractivity contribution in [2.45, 2.75) is 46.1 Å². The molecule has 1 aliphatic rings. The predicted octanol–water partition coefficient (Wildman–Crippen LogP) is 4.77. The van der Waals surface area contributed by atoms with E-state index in [4.69, 9.17) is 9.47 Å². The Kier molecular flexibility index (Phi) is 7.80. The largest absolute Gasteiger partial charge is 0.459 e. The molecule has 8 heteroatoms. The van der Waals surface area contributed by atoms with Crippen molar-refractivity contribution in [3.05, 3.63) is 57.7 Å². The van der Waals surface area contributed by atoms with Gasteiger partial charge in [0, 0.05) is 11.0 Å². The van der Waals surface area contributed by atoms with E-state index in [1.807, 2.05) is 0 Å². The number of esters is 2. The molecule has 1 aliphatic carbocycles. The molecule has 0 saturated carbocycles. The number of hydrogen-bond donors (Lipinski definition) is 1. The molecule has 1 aromatic heterocycles. The molecular formula is C24H26FNO5S. The van der Waals surface area contributed by atoms with Crippen LogP contribution in [0.4, 0.5) is 9.39 Å². The Labute approximate surface area is 190 Å². The van der Waals surface area contributed by atoms with Gasteiger partial charge < -0.3 is 14.8 Å². The van der Waals surface area contributed by atoms with E-state index in [1.165, 1.54) is 41.7 Å². The van der Waals surface area contributed by atoms with Crippen molar-refractivity contribution >= 4 is 40.3 Å². The van der Waals surface area contributed by atoms with E-state index in [1.54, 1.807) is 13.8 Å². The van der Waals surface area contributed by atoms with Gasteiger partial charge in [-0.15, -0.1) is 11.3 Å². The van der Waals surface area contributed by atoms with Crippen molar-refractivity contribution in [1.29, 1.82) is 0 Å². The SMILES string of the molecule is CC1CCc2c(sc(NC(=O)COC(=O)C=Cc3ccc(F)cc3)c2C(=O)OC(C)C)C1. The van der Waals surface area contributed by atoms with Crippen molar-refractivity contribution in [2.75, 3.05) is 11.9 Å². The Hall–Kier alpha value is -3.00. The Bertz CT molecular complexity index is 1030. The maximum Gasteiger partial charge on any atom is 0.341 e. The van der Waals surface area contributed by atoms with Gasteiger partial charge in [-0.25, -0.2) is 14.0 Å². The Morgan fingerprint density at radius 3 is 2.66 bits per heavy atom. The van der Waals surface area contributed by atoms with Gasteiger partial charge in [-0.05, 0) is 68.4 Å². The number of amides is 1. The van der Waals surface area contributed by atoms with E-state index in [0.717, 1.165) is 35.8 Å². The van der Waals surface area contributed by atoms with Crippen LogP contribution in [0.2, 0.25) is 0 Å². The minimum atomic E-state index is -0.705. The second-order valence-corrected chi connectivity index (χ2v) is 9.16. The highest BCUT2D eigenvalue weighted by Crippen LogP contribution is 2.40. The topological polar surface area (TPSA) is 81.7 Å². The molecular weight excluding hydrogens is 433 g/mol. The normalized spacial score (nSPS) is 15.5. The number of hydrogen-bond acceptors (Lipinski definition) is 6. The molecule has 0 aliphatic heterocycles. The predicted molar refractivity (Wildman–Crippen MR) is 121 cm³/mol. The van der Waals surface area contributed by atoms with Crippen molar-refractivity contribution in [1.82, 2.24) is 0 Å². The summed E-state index contributed by atoms with van der Waals surface area (Å²) in [7, 11) is 0. The van der Waals surface area contributed by atoms with Gasteiger partial charge in [0.15, 0.2) is 6.61 Å². The first-order valence-electron chi connectivity index (χ1n) is 10.5. The van der Waals surface area contributed by atoms with Crippen molar-refractivity contribution in [3.63, 3.8) is 0 Å². The van der Waals surface area contributed by atoms with E-state index >= 15 is 0 Å². The molecule has 1 N–H and O–H groups in total. The zero-order valence-electron chi connectivity index (χ0n) is 18.3. The number of fused-ring (bicyclic) bond motifs is 1. The molecule has 0 fully saturated rings. The first-order valence-corrected chi connectivity index (χ1v) is 11.3. The third kappa shape index (κ3) is 6.26. The molecule has 1 unspecified atom stereocenters. The lowest BCUT2D eigenvalue weighted by Gasteiger charge is -2.18. The Balaban J connectivity index is 1.64. The second kappa shape index (κ2) is 10.5. The van der Waals surface area contributed by atoms with Crippen LogP contribution < -0.4 is 5.32 Å². The number of benzene rings is 1. The van der Waals surface area contributed by atoms with E-state index in [-0.39, 0.29) is 11.9 Å². The molecule has 0 saturated heterocycles. The lowest BCUT2D eigenvalue weighted by atomic mass is 9.88. The van der Waals surface area contributed by atoms with E-state index in [0.29, 0.717) is 22.0 Å². The van der Waals surface area contributed by atoms with Crippen molar-refractivity contribution < 1.29 is 28.2 Å². The van der Waals surface area contributed by atoms with Gasteiger partial charge in [-0.2, -0.15) is 0 Å². The van der Waals surface area contributed by atoms with Crippen molar-refractivity contribution in [2.24, 2.45) is 5.92 Å². The average Bonchev–Trinajstić information content (AvgIpc) is 3.08. The van der Waals surface area contributed by atoms with Gasteiger partial charge in [-0.3, -0.25) is 4.79 Å². The van der Waals surface area contributed by atoms with Crippen LogP contribution >= 0.6 is 11.3 Å². The lowest BCUT2D eigenvalue weighted by molar-refractivity contribution is -0.142. The molecule has 32 heavy (non-hydrogen) atoms. The van der Waals surface area contributed by atoms with Crippen LogP contribution in [-0.4, -0.2) is 30.6 Å². The van der Waals surface area contributed by atoms with Crippen LogP contribution in [0.1, 0.15) is 53.6 Å². The Morgan fingerprint density at radius 2 is 1.97 bits per heavy atom. The summed E-state index contributed by atoms with van der Waals surface area (Å²) >= 11 is 1.37. The van der Waals surface area contributed by atoms with Crippen LogP contribution in [0.25, 0.3) is 6.08 Å². The third-order valence-corrected chi connectivity index (χ3v) is 6.11. The zero-order valence-corrected chi connectivity index (χ0v) is 19.1. The molecule has 0 spiro atoms. The highest BCUT2D eigenvalue weighted by atomic mass is 32.1. The minimum absolute atomic E-state index is 0.280. The first kappa shape index (κ1) is 23.7. The molecule has 1 heterocycles. The fourth-order valence-electron chi connectivity index (χ4n) is 3.41. The highest BCUT2D eigenvalue weighted by Gasteiger charge is 2.29. The standard InChI is InChI=1S/C24H26FNO5S/c1-14(2)31-24(29)22-18-10-4-15(3)12-19(18)32-23(22)26-20(27)13-30-21(28)11-7-16-5-8-17(25)9-6-16/h5-9,11,14-15H,4,10,12-13H2,1-3H3,(H,26,27). The average molecular weight is 460 g/mol. The van der Waals surface area contributed by atoms with Crippen molar-refractivity contribution in [3.8, 4) is 0 Å². The molecule has 1 aromatic carbocycles. The lowest BCUT2D eigenvalue weighted by Crippen LogP contribution is -2.22. The summed E-state index contributed by atoms with van der Waals surface area (Å²) in [4.78, 5) is 38.1. The molecule has 170 valence electrons. The van der Waals surface area contributed by atoms with E-state index in [2.05, 4.69) is 12.2 Å². The molecule has 0 radical (unpaired) electrons. The number of anilines is 1. The van der Waals surface area contributed by atoms with E-state index in [9.17, 15) is 18.8 Å². The van der Waals surface area contributed by atoms with Gasteiger partial charge in [0.1, 0.15) is 10.8 Å². The third-order valence-electron chi connectivity index (χ3n) is 4.94. The molecule has 1 amide bonds. The summed E-state index contributed by atoms with van der Waals surface area (Å²) in [5.74, 6) is -1.57. The van der Waals surface area contributed by atoms with Crippen LogP contribution in [0.3, 0.4) is 0 Å². The zero-order chi connectivity index (χ0) is 23.3. The summed E-state index contributed by atoms with van der Waals surface area (Å²) in [6, 6.07) is 5.59. The van der Waals surface area contributed by atoms with Crippen LogP contribution in [0.5, 0.6) is 0 Å². The maximum atomic E-state index is 12.9. The fourth-order valence-corrected chi connectivity index (χ4v) is 4.83. The van der Waals surface area contributed by atoms with E-state index < -0.39 is 24.5 Å². The molecule has 3 rings (SSSR count). The molecule has 6 nitrogen and oxygen atoms in total. The van der Waals surface area contributed by atoms with Gasteiger partial charge in [0.05, 0.1) is 11.7 Å². The first-order chi connectivity index (χ1) is 15.2. The maximum absolute atomic E-state index is 12.9.